The number of carbonyl (C=O) groups excluding carboxylic acids is 1. The molecule has 1 aliphatic rings. The molecule has 2 aromatic rings. The first-order chi connectivity index (χ1) is 11.1. The lowest BCUT2D eigenvalue weighted by atomic mass is 10.0. The van der Waals surface area contributed by atoms with Crippen LogP contribution < -0.4 is 0 Å². The molecule has 0 N–H and O–H groups in total. The molecule has 0 aliphatic carbocycles. The average molecular weight is 308 g/mol. The van der Waals surface area contributed by atoms with Crippen molar-refractivity contribution in [3.05, 3.63) is 54.1 Å². The van der Waals surface area contributed by atoms with Gasteiger partial charge in [0.1, 0.15) is 0 Å². The fourth-order valence-electron chi connectivity index (χ4n) is 3.24. The molecule has 0 aromatic heterocycles. The van der Waals surface area contributed by atoms with Crippen molar-refractivity contribution in [1.82, 2.24) is 9.80 Å². The van der Waals surface area contributed by atoms with Crippen molar-refractivity contribution in [1.29, 1.82) is 0 Å². The fraction of sp³-hybridized carbons (Fsp3) is 0.350. The van der Waals surface area contributed by atoms with Crippen LogP contribution in [0.15, 0.2) is 48.5 Å². The Balaban J connectivity index is 1.72. The van der Waals surface area contributed by atoms with Gasteiger partial charge in [-0.05, 0) is 55.4 Å². The fourth-order valence-corrected chi connectivity index (χ4v) is 3.24. The van der Waals surface area contributed by atoms with Crippen LogP contribution in [0.5, 0.6) is 0 Å². The van der Waals surface area contributed by atoms with Crippen molar-refractivity contribution in [2.45, 2.75) is 18.9 Å². The Bertz CT molecular complexity index is 709. The number of amides is 1. The third kappa shape index (κ3) is 3.62. The average Bonchev–Trinajstić information content (AvgIpc) is 2.59. The smallest absolute Gasteiger partial charge is 0.246 e. The van der Waals surface area contributed by atoms with E-state index in [-0.39, 0.29) is 5.91 Å². The second-order valence-electron chi connectivity index (χ2n) is 6.39. The van der Waals surface area contributed by atoms with Gasteiger partial charge in [-0.2, -0.15) is 0 Å². The van der Waals surface area contributed by atoms with Crippen LogP contribution in [0, 0.1) is 0 Å². The molecule has 120 valence electrons. The van der Waals surface area contributed by atoms with E-state index in [1.165, 1.54) is 10.8 Å². The van der Waals surface area contributed by atoms with Crippen molar-refractivity contribution in [2.75, 3.05) is 27.2 Å². The molecule has 0 radical (unpaired) electrons. The molecule has 0 saturated carbocycles. The van der Waals surface area contributed by atoms with Crippen molar-refractivity contribution in [3.63, 3.8) is 0 Å². The molecule has 3 rings (SSSR count). The lowest BCUT2D eigenvalue weighted by Crippen LogP contribution is -2.43. The molecule has 3 nitrogen and oxygen atoms in total. The first-order valence-corrected chi connectivity index (χ1v) is 8.26. The number of benzene rings is 2. The van der Waals surface area contributed by atoms with E-state index in [0.29, 0.717) is 6.04 Å². The van der Waals surface area contributed by atoms with E-state index in [9.17, 15) is 4.79 Å². The van der Waals surface area contributed by atoms with Crippen molar-refractivity contribution >= 4 is 22.8 Å². The van der Waals surface area contributed by atoms with Gasteiger partial charge in [0.25, 0.3) is 0 Å². The molecular formula is C20H24N2O. The summed E-state index contributed by atoms with van der Waals surface area (Å²) >= 11 is 0. The van der Waals surface area contributed by atoms with Crippen molar-refractivity contribution < 1.29 is 4.79 Å². The highest BCUT2D eigenvalue weighted by atomic mass is 16.2. The standard InChI is InChI=1S/C20H24N2O/c1-21-14-12-18(13-15-21)22(2)20(23)11-10-17-8-5-7-16-6-3-4-9-19(16)17/h3-11,18H,12-15H2,1-2H3. The molecular weight excluding hydrogens is 284 g/mol. The van der Waals surface area contributed by atoms with Gasteiger partial charge >= 0.3 is 0 Å². The second-order valence-corrected chi connectivity index (χ2v) is 6.39. The van der Waals surface area contributed by atoms with Gasteiger partial charge in [-0.1, -0.05) is 42.5 Å². The molecule has 0 atom stereocenters. The second kappa shape index (κ2) is 6.97. The van der Waals surface area contributed by atoms with E-state index in [1.54, 1.807) is 6.08 Å². The van der Waals surface area contributed by atoms with Crippen LogP contribution in [-0.4, -0.2) is 48.9 Å². The SMILES string of the molecule is CN1CCC(N(C)C(=O)C=Cc2cccc3ccccc23)CC1. The Morgan fingerprint density at radius 1 is 1.13 bits per heavy atom. The van der Waals surface area contributed by atoms with Crippen LogP contribution in [-0.2, 0) is 4.79 Å². The molecule has 1 heterocycles. The third-order valence-corrected chi connectivity index (χ3v) is 4.81. The maximum absolute atomic E-state index is 12.5. The first kappa shape index (κ1) is 15.8. The van der Waals surface area contributed by atoms with Crippen molar-refractivity contribution in [3.8, 4) is 0 Å². The summed E-state index contributed by atoms with van der Waals surface area (Å²) in [6.45, 7) is 2.13. The predicted molar refractivity (Wildman–Crippen MR) is 96.3 cm³/mol. The summed E-state index contributed by atoms with van der Waals surface area (Å²) in [7, 11) is 4.06. The van der Waals surface area contributed by atoms with Gasteiger partial charge in [0.15, 0.2) is 0 Å². The number of likely N-dealkylation sites (tertiary alicyclic amines) is 1. The quantitative estimate of drug-likeness (QED) is 0.811. The number of carbonyl (C=O) groups is 1. The molecule has 0 spiro atoms. The summed E-state index contributed by atoms with van der Waals surface area (Å²) < 4.78 is 0. The summed E-state index contributed by atoms with van der Waals surface area (Å²) in [5.74, 6) is 0.0903. The zero-order chi connectivity index (χ0) is 16.2. The first-order valence-electron chi connectivity index (χ1n) is 8.26. The molecule has 1 aliphatic heterocycles. The largest absolute Gasteiger partial charge is 0.339 e. The summed E-state index contributed by atoms with van der Waals surface area (Å²) in [5, 5.41) is 2.38. The number of fused-ring (bicyclic) bond motifs is 1. The van der Waals surface area contributed by atoms with E-state index in [4.69, 9.17) is 0 Å². The number of nitrogens with zero attached hydrogens (tertiary/aromatic N) is 2. The minimum absolute atomic E-state index is 0.0903. The van der Waals surface area contributed by atoms with Gasteiger partial charge in [-0.3, -0.25) is 4.79 Å². The molecule has 1 saturated heterocycles. The number of likely N-dealkylation sites (N-methyl/N-ethyl adjacent to an activating group) is 1. The Morgan fingerprint density at radius 3 is 2.61 bits per heavy atom. The Kier molecular flexibility index (Phi) is 4.77. The minimum Gasteiger partial charge on any atom is -0.339 e. The third-order valence-electron chi connectivity index (χ3n) is 4.81. The van der Waals surface area contributed by atoms with Crippen LogP contribution in [0.3, 0.4) is 0 Å². The molecule has 1 fully saturated rings. The lowest BCUT2D eigenvalue weighted by molar-refractivity contribution is -0.127. The van der Waals surface area contributed by atoms with Gasteiger partial charge < -0.3 is 9.80 Å². The normalized spacial score (nSPS) is 17.0. The maximum Gasteiger partial charge on any atom is 0.246 e. The maximum atomic E-state index is 12.5. The minimum atomic E-state index is 0.0903. The predicted octanol–water partition coefficient (Wildman–Crippen LogP) is 3.41. The van der Waals surface area contributed by atoms with Crippen molar-refractivity contribution in [2.24, 2.45) is 0 Å². The molecule has 2 aromatic carbocycles. The zero-order valence-corrected chi connectivity index (χ0v) is 13.9. The summed E-state index contributed by atoms with van der Waals surface area (Å²) in [5.41, 5.74) is 1.09. The van der Waals surface area contributed by atoms with Gasteiger partial charge in [-0.15, -0.1) is 0 Å². The highest BCUT2D eigenvalue weighted by Crippen LogP contribution is 2.20. The van der Waals surface area contributed by atoms with Gasteiger partial charge in [0, 0.05) is 19.2 Å². The topological polar surface area (TPSA) is 23.6 Å². The highest BCUT2D eigenvalue weighted by Gasteiger charge is 2.22. The van der Waals surface area contributed by atoms with Gasteiger partial charge in [-0.25, -0.2) is 0 Å². The molecule has 23 heavy (non-hydrogen) atoms. The van der Waals surface area contributed by atoms with E-state index >= 15 is 0 Å². The van der Waals surface area contributed by atoms with Crippen LogP contribution in [0.4, 0.5) is 0 Å². The van der Waals surface area contributed by atoms with E-state index in [0.717, 1.165) is 31.5 Å². The van der Waals surface area contributed by atoms with E-state index in [2.05, 4.69) is 36.2 Å². The molecule has 0 bridgehead atoms. The van der Waals surface area contributed by atoms with Crippen LogP contribution in [0.2, 0.25) is 0 Å². The number of piperidine rings is 1. The van der Waals surface area contributed by atoms with E-state index < -0.39 is 0 Å². The van der Waals surface area contributed by atoms with E-state index in [1.807, 2.05) is 36.2 Å². The van der Waals surface area contributed by atoms with Crippen LogP contribution in [0.25, 0.3) is 16.8 Å². The Hall–Kier alpha value is -2.13. The zero-order valence-electron chi connectivity index (χ0n) is 13.9. The summed E-state index contributed by atoms with van der Waals surface area (Å²) in [6.07, 6.45) is 5.76. The molecule has 1 amide bonds. The van der Waals surface area contributed by atoms with Crippen LogP contribution in [0.1, 0.15) is 18.4 Å². The van der Waals surface area contributed by atoms with Gasteiger partial charge in [0.2, 0.25) is 5.91 Å². The monoisotopic (exact) mass is 308 g/mol. The van der Waals surface area contributed by atoms with Gasteiger partial charge in [0.05, 0.1) is 0 Å². The highest BCUT2D eigenvalue weighted by molar-refractivity contribution is 5.96. The molecule has 0 unspecified atom stereocenters. The molecule has 3 heteroatoms. The Labute approximate surface area is 138 Å². The summed E-state index contributed by atoms with van der Waals surface area (Å²) in [4.78, 5) is 16.7. The number of hydrogen-bond acceptors (Lipinski definition) is 2. The summed E-state index contributed by atoms with van der Waals surface area (Å²) in [6, 6.07) is 14.8. The van der Waals surface area contributed by atoms with Crippen LogP contribution >= 0.6 is 0 Å². The lowest BCUT2D eigenvalue weighted by Gasteiger charge is -2.34. The number of rotatable bonds is 3. The Morgan fingerprint density at radius 2 is 1.83 bits per heavy atom. The number of hydrogen-bond donors (Lipinski definition) is 0.